The molecule has 0 aliphatic carbocycles. The van der Waals surface area contributed by atoms with Gasteiger partial charge < -0.3 is 4.74 Å². The fourth-order valence-corrected chi connectivity index (χ4v) is 3.48. The molecule has 0 fully saturated rings. The van der Waals surface area contributed by atoms with E-state index < -0.39 is 73.8 Å². The van der Waals surface area contributed by atoms with Crippen LogP contribution in [0.2, 0.25) is 0 Å². The second-order valence-corrected chi connectivity index (χ2v) is 8.21. The van der Waals surface area contributed by atoms with Crippen LogP contribution in [0.25, 0.3) is 0 Å². The van der Waals surface area contributed by atoms with Crippen molar-refractivity contribution in [1.29, 1.82) is 0 Å². The van der Waals surface area contributed by atoms with E-state index in [0.29, 0.717) is 23.1 Å². The lowest BCUT2D eigenvalue weighted by molar-refractivity contribution is -0.0636. The van der Waals surface area contributed by atoms with Crippen molar-refractivity contribution in [1.82, 2.24) is 5.32 Å². The summed E-state index contributed by atoms with van der Waals surface area (Å²) in [6.07, 6.45) is -4.60. The van der Waals surface area contributed by atoms with Gasteiger partial charge in [0.05, 0.1) is 16.1 Å². The number of halogens is 7. The van der Waals surface area contributed by atoms with E-state index in [9.17, 15) is 48.7 Å². The van der Waals surface area contributed by atoms with Gasteiger partial charge in [-0.3, -0.25) is 15.0 Å². The summed E-state index contributed by atoms with van der Waals surface area (Å²) in [5, 5.41) is -3.91. The van der Waals surface area contributed by atoms with Gasteiger partial charge in [0, 0.05) is 7.11 Å². The summed E-state index contributed by atoms with van der Waals surface area (Å²) in [7, 11) is -4.98. The Kier molecular flexibility index (Phi) is 7.69. The SMILES string of the molecule is COCN(C(=O)NC(=O)c1cccc(F)c1F)c1ccc(S(=O)(=O)C(F)(F)C(F)F)cc1F. The van der Waals surface area contributed by atoms with Crippen molar-refractivity contribution >= 4 is 27.5 Å². The third-order valence-corrected chi connectivity index (χ3v) is 5.82. The lowest BCUT2D eigenvalue weighted by atomic mass is 10.2. The van der Waals surface area contributed by atoms with Crippen LogP contribution in [-0.2, 0) is 14.6 Å². The van der Waals surface area contributed by atoms with Gasteiger partial charge in [0.1, 0.15) is 12.5 Å². The molecule has 0 unspecified atom stereocenters. The number of methoxy groups -OCH3 is 1. The zero-order valence-electron chi connectivity index (χ0n) is 16.3. The molecule has 180 valence electrons. The Bertz CT molecular complexity index is 1170. The van der Waals surface area contributed by atoms with Crippen LogP contribution >= 0.6 is 0 Å². The van der Waals surface area contributed by atoms with E-state index in [1.54, 1.807) is 5.32 Å². The molecule has 0 atom stereocenters. The highest BCUT2D eigenvalue weighted by molar-refractivity contribution is 7.92. The minimum atomic E-state index is -6.00. The summed E-state index contributed by atoms with van der Waals surface area (Å²) < 4.78 is 121. The number of sulfone groups is 1. The monoisotopic (exact) mass is 502 g/mol. The van der Waals surface area contributed by atoms with E-state index in [1.807, 2.05) is 0 Å². The van der Waals surface area contributed by atoms with Crippen molar-refractivity contribution in [3.63, 3.8) is 0 Å². The Labute approximate surface area is 181 Å². The maximum Gasteiger partial charge on any atom is 0.408 e. The van der Waals surface area contributed by atoms with E-state index in [4.69, 9.17) is 0 Å². The number of carbonyl (C=O) groups excluding carboxylic acids is 2. The number of amides is 3. The number of alkyl halides is 4. The topological polar surface area (TPSA) is 92.8 Å². The van der Waals surface area contributed by atoms with Gasteiger partial charge in [-0.2, -0.15) is 8.78 Å². The molecule has 2 rings (SSSR count). The third kappa shape index (κ3) is 5.08. The maximum atomic E-state index is 14.5. The number of hydrogen-bond acceptors (Lipinski definition) is 5. The largest absolute Gasteiger partial charge is 0.408 e. The van der Waals surface area contributed by atoms with E-state index in [2.05, 4.69) is 4.74 Å². The molecule has 2 aromatic carbocycles. The Morgan fingerprint density at radius 1 is 1.09 bits per heavy atom. The molecule has 0 aliphatic heterocycles. The van der Waals surface area contributed by atoms with Gasteiger partial charge in [0.25, 0.3) is 5.91 Å². The van der Waals surface area contributed by atoms with E-state index in [1.165, 1.54) is 0 Å². The summed E-state index contributed by atoms with van der Waals surface area (Å²) in [4.78, 5) is 23.3. The van der Waals surface area contributed by atoms with Crippen LogP contribution in [0.3, 0.4) is 0 Å². The first-order valence-electron chi connectivity index (χ1n) is 8.51. The van der Waals surface area contributed by atoms with Crippen molar-refractivity contribution < 1.29 is 53.5 Å². The Balaban J connectivity index is 2.38. The highest BCUT2D eigenvalue weighted by atomic mass is 32.2. The van der Waals surface area contributed by atoms with Gasteiger partial charge in [-0.15, -0.1) is 0 Å². The van der Waals surface area contributed by atoms with Gasteiger partial charge in [0.2, 0.25) is 9.84 Å². The highest BCUT2D eigenvalue weighted by Gasteiger charge is 2.54. The molecule has 0 aliphatic rings. The number of hydrogen-bond donors (Lipinski definition) is 1. The molecule has 33 heavy (non-hydrogen) atoms. The number of nitrogens with zero attached hydrogens (tertiary/aromatic N) is 1. The van der Waals surface area contributed by atoms with Crippen molar-refractivity contribution in [3.8, 4) is 0 Å². The smallest absolute Gasteiger partial charge is 0.364 e. The fourth-order valence-electron chi connectivity index (χ4n) is 2.43. The molecule has 0 radical (unpaired) electrons. The maximum absolute atomic E-state index is 14.5. The predicted molar refractivity (Wildman–Crippen MR) is 98.1 cm³/mol. The molecule has 3 amide bonds. The van der Waals surface area contributed by atoms with Crippen molar-refractivity contribution in [2.45, 2.75) is 16.6 Å². The molecule has 15 heteroatoms. The number of benzene rings is 2. The van der Waals surface area contributed by atoms with Crippen molar-refractivity contribution in [2.24, 2.45) is 0 Å². The molecule has 0 saturated carbocycles. The summed E-state index contributed by atoms with van der Waals surface area (Å²) in [5.41, 5.74) is -1.70. The van der Waals surface area contributed by atoms with Crippen LogP contribution in [-0.4, -0.2) is 45.9 Å². The lowest BCUT2D eigenvalue weighted by Crippen LogP contribution is -2.44. The zero-order chi connectivity index (χ0) is 25.1. The molecule has 2 aromatic rings. The van der Waals surface area contributed by atoms with Crippen LogP contribution in [0.5, 0.6) is 0 Å². The Hall–Kier alpha value is -3.20. The predicted octanol–water partition coefficient (Wildman–Crippen LogP) is 3.70. The summed E-state index contributed by atoms with van der Waals surface area (Å²) in [6, 6.07) is 1.82. The summed E-state index contributed by atoms with van der Waals surface area (Å²) in [5.74, 6) is -6.05. The number of ether oxygens (including phenoxy) is 1. The van der Waals surface area contributed by atoms with E-state index in [-0.39, 0.29) is 6.07 Å². The quantitative estimate of drug-likeness (QED) is 0.461. The van der Waals surface area contributed by atoms with Crippen molar-refractivity contribution in [2.75, 3.05) is 18.7 Å². The first-order chi connectivity index (χ1) is 15.3. The van der Waals surface area contributed by atoms with Crippen LogP contribution in [0.15, 0.2) is 41.3 Å². The molecular weight excluding hydrogens is 489 g/mol. The van der Waals surface area contributed by atoms with Gasteiger partial charge in [0.15, 0.2) is 11.6 Å². The minimum Gasteiger partial charge on any atom is -0.364 e. The van der Waals surface area contributed by atoms with Crippen molar-refractivity contribution in [3.05, 3.63) is 59.4 Å². The first-order valence-corrected chi connectivity index (χ1v) is 10.00. The Morgan fingerprint density at radius 3 is 2.27 bits per heavy atom. The number of anilines is 1. The molecule has 0 bridgehead atoms. The van der Waals surface area contributed by atoms with E-state index >= 15 is 0 Å². The van der Waals surface area contributed by atoms with E-state index in [0.717, 1.165) is 19.2 Å². The number of imide groups is 1. The highest BCUT2D eigenvalue weighted by Crippen LogP contribution is 2.36. The molecule has 0 spiro atoms. The fraction of sp³-hybridized carbons (Fsp3) is 0.222. The minimum absolute atomic E-state index is 0.0367. The average molecular weight is 502 g/mol. The normalized spacial score (nSPS) is 12.0. The van der Waals surface area contributed by atoms with Crippen LogP contribution < -0.4 is 10.2 Å². The molecule has 0 aromatic heterocycles. The molecule has 0 saturated heterocycles. The molecule has 0 heterocycles. The van der Waals surface area contributed by atoms with Crippen LogP contribution in [0, 0.1) is 17.5 Å². The Morgan fingerprint density at radius 2 is 1.73 bits per heavy atom. The molecular formula is C18H13F7N2O5S. The zero-order valence-corrected chi connectivity index (χ0v) is 17.1. The average Bonchev–Trinajstić information content (AvgIpc) is 2.73. The summed E-state index contributed by atoms with van der Waals surface area (Å²) >= 11 is 0. The van der Waals surface area contributed by atoms with Crippen LogP contribution in [0.4, 0.5) is 41.2 Å². The number of urea groups is 1. The van der Waals surface area contributed by atoms with Gasteiger partial charge in [-0.05, 0) is 30.3 Å². The second kappa shape index (κ2) is 9.74. The van der Waals surface area contributed by atoms with Gasteiger partial charge >= 0.3 is 17.7 Å². The second-order valence-electron chi connectivity index (χ2n) is 6.19. The van der Waals surface area contributed by atoms with Gasteiger partial charge in [-0.25, -0.2) is 35.2 Å². The standard InChI is InChI=1S/C18H13F7N2O5S/c1-32-8-27(17(29)26-15(28)10-3-2-4-11(19)14(10)21)13-6-5-9(7-12(13)20)33(30,31)18(24,25)16(22)23/h2-7,16H,8H2,1H3,(H,26,28,29). The number of nitrogens with one attached hydrogen (secondary N) is 1. The lowest BCUT2D eigenvalue weighted by Gasteiger charge is -2.23. The molecule has 7 nitrogen and oxygen atoms in total. The first kappa shape index (κ1) is 26.1. The number of rotatable bonds is 7. The third-order valence-electron chi connectivity index (χ3n) is 4.05. The summed E-state index contributed by atoms with van der Waals surface area (Å²) in [6.45, 7) is -0.791. The molecule has 1 N–H and O–H groups in total. The van der Waals surface area contributed by atoms with Crippen LogP contribution in [0.1, 0.15) is 10.4 Å². The number of carbonyl (C=O) groups is 2. The van der Waals surface area contributed by atoms with Gasteiger partial charge in [-0.1, -0.05) is 6.07 Å².